The van der Waals surface area contributed by atoms with Gasteiger partial charge in [-0.25, -0.2) is 4.98 Å². The van der Waals surface area contributed by atoms with Crippen LogP contribution in [0.4, 0.5) is 18.9 Å². The molecule has 7 heteroatoms. The monoisotopic (exact) mass is 319 g/mol. The zero-order valence-electron chi connectivity index (χ0n) is 12.0. The van der Waals surface area contributed by atoms with Gasteiger partial charge in [0.25, 0.3) is 0 Å². The molecule has 0 aliphatic heterocycles. The van der Waals surface area contributed by atoms with E-state index >= 15 is 0 Å². The lowest BCUT2D eigenvalue weighted by molar-refractivity contribution is -0.137. The number of aromatic nitrogens is 1. The quantitative estimate of drug-likeness (QED) is 0.520. The summed E-state index contributed by atoms with van der Waals surface area (Å²) in [5, 5.41) is 10.2. The van der Waals surface area contributed by atoms with Crippen molar-refractivity contribution < 1.29 is 17.6 Å². The summed E-state index contributed by atoms with van der Waals surface area (Å²) in [5.74, 6) is 0.390. The smallest absolute Gasteiger partial charge is 0.416 e. The number of oxazole rings is 1. The number of nitrogens with one attached hydrogen (secondary N) is 2. The van der Waals surface area contributed by atoms with Crippen molar-refractivity contribution >= 4 is 22.6 Å². The highest BCUT2D eigenvalue weighted by molar-refractivity contribution is 5.93. The molecule has 3 aromatic rings. The van der Waals surface area contributed by atoms with E-state index in [1.807, 2.05) is 0 Å². The molecule has 0 radical (unpaired) electrons. The molecule has 118 valence electrons. The van der Waals surface area contributed by atoms with Crippen LogP contribution in [-0.4, -0.2) is 10.8 Å². The fraction of sp³-hybridized carbons (Fsp3) is 0.125. The standard InChI is InChI=1S/C16H12F3N3O/c1-9(20)21-12-5-6-14-13(8-12)22-15(23-14)10-3-2-4-11(7-10)16(17,18)19/h2-8H,1H3,(H2,20,21). The SMILES string of the molecule is CC(=N)Nc1ccc2oc(-c3cccc(C(F)(F)F)c3)nc2c1. The maximum atomic E-state index is 12.8. The van der Waals surface area contributed by atoms with Crippen LogP contribution < -0.4 is 5.32 Å². The van der Waals surface area contributed by atoms with E-state index in [4.69, 9.17) is 9.83 Å². The minimum absolute atomic E-state index is 0.120. The normalized spacial score (nSPS) is 11.7. The molecule has 0 aliphatic carbocycles. The second-order valence-corrected chi connectivity index (χ2v) is 5.03. The molecule has 2 N–H and O–H groups in total. The molecule has 4 nitrogen and oxygen atoms in total. The zero-order valence-corrected chi connectivity index (χ0v) is 12.0. The first-order valence-corrected chi connectivity index (χ1v) is 6.73. The lowest BCUT2D eigenvalue weighted by Crippen LogP contribution is -2.04. The van der Waals surface area contributed by atoms with Crippen molar-refractivity contribution in [2.24, 2.45) is 0 Å². The zero-order chi connectivity index (χ0) is 16.6. The van der Waals surface area contributed by atoms with Crippen molar-refractivity contribution in [1.29, 1.82) is 5.41 Å². The molecule has 3 rings (SSSR count). The largest absolute Gasteiger partial charge is 0.436 e. The number of anilines is 1. The van der Waals surface area contributed by atoms with Gasteiger partial charge in [-0.3, -0.25) is 5.41 Å². The Labute approximate surface area is 129 Å². The fourth-order valence-corrected chi connectivity index (χ4v) is 2.17. The number of hydrogen-bond acceptors (Lipinski definition) is 3. The Kier molecular flexibility index (Phi) is 3.55. The van der Waals surface area contributed by atoms with E-state index in [1.54, 1.807) is 25.1 Å². The van der Waals surface area contributed by atoms with E-state index in [0.29, 0.717) is 16.8 Å². The molecule has 23 heavy (non-hydrogen) atoms. The van der Waals surface area contributed by atoms with Crippen LogP contribution in [0.3, 0.4) is 0 Å². The third kappa shape index (κ3) is 3.18. The lowest BCUT2D eigenvalue weighted by Gasteiger charge is -2.06. The van der Waals surface area contributed by atoms with Crippen LogP contribution in [0.25, 0.3) is 22.6 Å². The van der Waals surface area contributed by atoms with E-state index in [-0.39, 0.29) is 17.3 Å². The molecule has 0 bridgehead atoms. The predicted octanol–water partition coefficient (Wildman–Crippen LogP) is 4.92. The molecule has 0 spiro atoms. The molecule has 0 atom stereocenters. The molecule has 2 aromatic carbocycles. The van der Waals surface area contributed by atoms with Crippen LogP contribution in [0.2, 0.25) is 0 Å². The van der Waals surface area contributed by atoms with Crippen molar-refractivity contribution in [3.05, 3.63) is 48.0 Å². The van der Waals surface area contributed by atoms with Gasteiger partial charge in [-0.15, -0.1) is 0 Å². The van der Waals surface area contributed by atoms with Gasteiger partial charge >= 0.3 is 6.18 Å². The Balaban J connectivity index is 2.02. The van der Waals surface area contributed by atoms with Gasteiger partial charge in [-0.05, 0) is 43.3 Å². The topological polar surface area (TPSA) is 61.9 Å². The molecule has 0 saturated heterocycles. The van der Waals surface area contributed by atoms with Crippen LogP contribution in [0.1, 0.15) is 12.5 Å². The van der Waals surface area contributed by atoms with Gasteiger partial charge in [0.1, 0.15) is 5.52 Å². The van der Waals surface area contributed by atoms with Crippen molar-refractivity contribution in [3.63, 3.8) is 0 Å². The molecule has 0 fully saturated rings. The maximum Gasteiger partial charge on any atom is 0.416 e. The first-order chi connectivity index (χ1) is 10.8. The summed E-state index contributed by atoms with van der Waals surface area (Å²) in [6, 6.07) is 9.88. The number of benzene rings is 2. The van der Waals surface area contributed by atoms with E-state index in [2.05, 4.69) is 10.3 Å². The first kappa shape index (κ1) is 15.1. The van der Waals surface area contributed by atoms with Crippen LogP contribution in [0.15, 0.2) is 46.9 Å². The van der Waals surface area contributed by atoms with Crippen molar-refractivity contribution in [1.82, 2.24) is 4.98 Å². The molecule has 0 unspecified atom stereocenters. The van der Waals surface area contributed by atoms with E-state index in [0.717, 1.165) is 12.1 Å². The Morgan fingerprint density at radius 1 is 1.17 bits per heavy atom. The number of alkyl halides is 3. The summed E-state index contributed by atoms with van der Waals surface area (Å²) in [6.07, 6.45) is -4.42. The molecule has 1 heterocycles. The summed E-state index contributed by atoms with van der Waals surface area (Å²) in [7, 11) is 0. The molecule has 0 amide bonds. The van der Waals surface area contributed by atoms with Crippen molar-refractivity contribution in [2.75, 3.05) is 5.32 Å². The fourth-order valence-electron chi connectivity index (χ4n) is 2.17. The van der Waals surface area contributed by atoms with Gasteiger partial charge in [0.2, 0.25) is 5.89 Å². The second-order valence-electron chi connectivity index (χ2n) is 5.03. The number of hydrogen-bond donors (Lipinski definition) is 2. The number of halogens is 3. The van der Waals surface area contributed by atoms with E-state index in [9.17, 15) is 13.2 Å². The third-order valence-corrected chi connectivity index (χ3v) is 3.16. The minimum atomic E-state index is -4.42. The van der Waals surface area contributed by atoms with Crippen LogP contribution in [0.5, 0.6) is 0 Å². The third-order valence-electron chi connectivity index (χ3n) is 3.16. The Morgan fingerprint density at radius 2 is 1.96 bits per heavy atom. The molecule has 0 aliphatic rings. The summed E-state index contributed by atoms with van der Waals surface area (Å²) in [6.45, 7) is 1.60. The van der Waals surface area contributed by atoms with Gasteiger partial charge in [-0.2, -0.15) is 13.2 Å². The first-order valence-electron chi connectivity index (χ1n) is 6.73. The maximum absolute atomic E-state index is 12.8. The lowest BCUT2D eigenvalue weighted by atomic mass is 10.1. The summed E-state index contributed by atoms with van der Waals surface area (Å²) in [4.78, 5) is 4.23. The highest BCUT2D eigenvalue weighted by Crippen LogP contribution is 2.33. The van der Waals surface area contributed by atoms with Crippen LogP contribution >= 0.6 is 0 Å². The van der Waals surface area contributed by atoms with Gasteiger partial charge < -0.3 is 9.73 Å². The minimum Gasteiger partial charge on any atom is -0.436 e. The molecule has 0 saturated carbocycles. The van der Waals surface area contributed by atoms with E-state index in [1.165, 1.54) is 12.1 Å². The molecular formula is C16H12F3N3O. The van der Waals surface area contributed by atoms with Crippen LogP contribution in [0, 0.1) is 5.41 Å². The highest BCUT2D eigenvalue weighted by atomic mass is 19.4. The highest BCUT2D eigenvalue weighted by Gasteiger charge is 2.30. The number of fused-ring (bicyclic) bond motifs is 1. The molecule has 1 aromatic heterocycles. The summed E-state index contributed by atoms with van der Waals surface area (Å²) >= 11 is 0. The van der Waals surface area contributed by atoms with Gasteiger partial charge in [0.15, 0.2) is 5.58 Å². The van der Waals surface area contributed by atoms with Gasteiger partial charge in [0.05, 0.1) is 11.4 Å². The number of amidine groups is 1. The van der Waals surface area contributed by atoms with Crippen molar-refractivity contribution in [2.45, 2.75) is 13.1 Å². The number of nitrogens with zero attached hydrogens (tertiary/aromatic N) is 1. The van der Waals surface area contributed by atoms with Gasteiger partial charge in [0, 0.05) is 11.3 Å². The predicted molar refractivity (Wildman–Crippen MR) is 81.5 cm³/mol. The Morgan fingerprint density at radius 3 is 2.65 bits per heavy atom. The molecular weight excluding hydrogens is 307 g/mol. The van der Waals surface area contributed by atoms with Gasteiger partial charge in [-0.1, -0.05) is 6.07 Å². The Bertz CT molecular complexity index is 884. The average molecular weight is 319 g/mol. The number of rotatable bonds is 2. The Hall–Kier alpha value is -2.83. The second kappa shape index (κ2) is 5.42. The average Bonchev–Trinajstić information content (AvgIpc) is 2.89. The summed E-state index contributed by atoms with van der Waals surface area (Å²) < 4.78 is 43.9. The van der Waals surface area contributed by atoms with E-state index < -0.39 is 11.7 Å². The van der Waals surface area contributed by atoms with Crippen molar-refractivity contribution in [3.8, 4) is 11.5 Å². The summed E-state index contributed by atoms with van der Waals surface area (Å²) in [5.41, 5.74) is 1.14. The van der Waals surface area contributed by atoms with Crippen LogP contribution in [-0.2, 0) is 6.18 Å².